The fourth-order valence-corrected chi connectivity index (χ4v) is 5.91. The minimum Gasteiger partial charge on any atom is -0.348 e. The van der Waals surface area contributed by atoms with Crippen LogP contribution in [0.25, 0.3) is 0 Å². The number of benzene rings is 2. The minimum atomic E-state index is -3.53. The highest BCUT2D eigenvalue weighted by Gasteiger charge is 2.39. The number of nitrogens with zero attached hydrogens (tertiary/aromatic N) is 1. The molecule has 2 fully saturated rings. The number of quaternary nitrogens is 1. The van der Waals surface area contributed by atoms with Crippen LogP contribution in [0.2, 0.25) is 0 Å². The Balaban J connectivity index is 1.50. The van der Waals surface area contributed by atoms with Crippen LogP contribution in [0.1, 0.15) is 35.6 Å². The Morgan fingerprint density at radius 2 is 1.73 bits per heavy atom. The van der Waals surface area contributed by atoms with Crippen molar-refractivity contribution in [2.45, 2.75) is 43.7 Å². The quantitative estimate of drug-likeness (QED) is 0.727. The average molecular weight is 429 g/mol. The molecule has 1 amide bonds. The molecular formula is C23H30N3O3S+. The summed E-state index contributed by atoms with van der Waals surface area (Å²) in [7, 11) is -3.53. The van der Waals surface area contributed by atoms with Crippen LogP contribution >= 0.6 is 0 Å². The zero-order valence-corrected chi connectivity index (χ0v) is 18.4. The largest absolute Gasteiger partial charge is 0.348 e. The number of piperazine rings is 1. The molecule has 1 aliphatic heterocycles. The van der Waals surface area contributed by atoms with Crippen molar-refractivity contribution < 1.29 is 18.1 Å². The first kappa shape index (κ1) is 21.0. The fourth-order valence-electron chi connectivity index (χ4n) is 4.26. The Kier molecular flexibility index (Phi) is 5.95. The zero-order valence-electron chi connectivity index (χ0n) is 17.6. The molecule has 4 rings (SSSR count). The van der Waals surface area contributed by atoms with Crippen LogP contribution in [-0.4, -0.2) is 50.9 Å². The Labute approximate surface area is 178 Å². The third-order valence-corrected chi connectivity index (χ3v) is 8.10. The smallest absolute Gasteiger partial charge is 0.283 e. The maximum absolute atomic E-state index is 13.2. The number of hydrogen-bond donors (Lipinski definition) is 2. The lowest BCUT2D eigenvalue weighted by Crippen LogP contribution is -3.16. The van der Waals surface area contributed by atoms with Crippen LogP contribution in [0.4, 0.5) is 0 Å². The van der Waals surface area contributed by atoms with Gasteiger partial charge in [0.05, 0.1) is 31.1 Å². The summed E-state index contributed by atoms with van der Waals surface area (Å²) >= 11 is 0. The Hall–Kier alpha value is -2.22. The van der Waals surface area contributed by atoms with E-state index in [9.17, 15) is 13.2 Å². The molecule has 0 unspecified atom stereocenters. The van der Waals surface area contributed by atoms with Gasteiger partial charge in [0, 0.05) is 11.6 Å². The summed E-state index contributed by atoms with van der Waals surface area (Å²) in [5.41, 5.74) is 2.81. The average Bonchev–Trinajstić information content (AvgIpc) is 3.53. The summed E-state index contributed by atoms with van der Waals surface area (Å²) < 4.78 is 27.9. The SMILES string of the molecule is Cc1ccc(S(=O)(=O)N2CC[NH+]([C@H](C(=O)NC3CC3)c3ccccc3)CC2)c(C)c1. The van der Waals surface area contributed by atoms with Crippen LogP contribution < -0.4 is 10.2 Å². The van der Waals surface area contributed by atoms with Crippen LogP contribution in [0.3, 0.4) is 0 Å². The molecule has 6 nitrogen and oxygen atoms in total. The van der Waals surface area contributed by atoms with Gasteiger partial charge in [0.25, 0.3) is 5.91 Å². The number of rotatable bonds is 6. The van der Waals surface area contributed by atoms with E-state index in [1.54, 1.807) is 10.4 Å². The van der Waals surface area contributed by atoms with Crippen LogP contribution in [0.15, 0.2) is 53.4 Å². The molecule has 0 spiro atoms. The predicted octanol–water partition coefficient (Wildman–Crippen LogP) is 1.21. The Bertz CT molecular complexity index is 1010. The summed E-state index contributed by atoms with van der Waals surface area (Å²) in [5.74, 6) is 0.0457. The van der Waals surface area contributed by atoms with E-state index in [1.807, 2.05) is 56.3 Å². The second-order valence-electron chi connectivity index (χ2n) is 8.46. The molecule has 1 saturated carbocycles. The number of amides is 1. The summed E-state index contributed by atoms with van der Waals surface area (Å²) in [4.78, 5) is 14.5. The van der Waals surface area contributed by atoms with Gasteiger partial charge < -0.3 is 10.2 Å². The van der Waals surface area contributed by atoms with Crippen molar-refractivity contribution in [3.05, 3.63) is 65.2 Å². The first-order valence-corrected chi connectivity index (χ1v) is 12.1. The highest BCUT2D eigenvalue weighted by molar-refractivity contribution is 7.89. The highest BCUT2D eigenvalue weighted by atomic mass is 32.2. The maximum atomic E-state index is 13.2. The van der Waals surface area contributed by atoms with Gasteiger partial charge in [0.1, 0.15) is 0 Å². The number of hydrogen-bond acceptors (Lipinski definition) is 3. The van der Waals surface area contributed by atoms with Crippen molar-refractivity contribution in [3.8, 4) is 0 Å². The first-order chi connectivity index (χ1) is 14.4. The van der Waals surface area contributed by atoms with Gasteiger partial charge in [-0.2, -0.15) is 4.31 Å². The molecule has 1 saturated heterocycles. The summed E-state index contributed by atoms with van der Waals surface area (Å²) in [6.45, 7) is 5.82. The molecule has 0 radical (unpaired) electrons. The molecule has 2 N–H and O–H groups in total. The van der Waals surface area contributed by atoms with Gasteiger partial charge in [-0.25, -0.2) is 8.42 Å². The van der Waals surface area contributed by atoms with Gasteiger partial charge >= 0.3 is 0 Å². The molecule has 2 aromatic carbocycles. The number of carbonyl (C=O) groups excluding carboxylic acids is 1. The number of sulfonamides is 1. The van der Waals surface area contributed by atoms with Crippen molar-refractivity contribution in [1.29, 1.82) is 0 Å². The van der Waals surface area contributed by atoms with Crippen molar-refractivity contribution in [3.63, 3.8) is 0 Å². The van der Waals surface area contributed by atoms with Crippen LogP contribution in [-0.2, 0) is 14.8 Å². The van der Waals surface area contributed by atoms with Crippen molar-refractivity contribution in [2.24, 2.45) is 0 Å². The molecule has 1 atom stereocenters. The van der Waals surface area contributed by atoms with E-state index in [4.69, 9.17) is 0 Å². The monoisotopic (exact) mass is 428 g/mol. The van der Waals surface area contributed by atoms with Gasteiger partial charge in [-0.05, 0) is 38.3 Å². The van der Waals surface area contributed by atoms with E-state index in [1.165, 1.54) is 0 Å². The topological polar surface area (TPSA) is 70.9 Å². The summed E-state index contributed by atoms with van der Waals surface area (Å²) in [6, 6.07) is 15.3. The summed E-state index contributed by atoms with van der Waals surface area (Å²) in [5, 5.41) is 3.14. The highest BCUT2D eigenvalue weighted by Crippen LogP contribution is 2.22. The van der Waals surface area contributed by atoms with Gasteiger partial charge in [0.2, 0.25) is 10.0 Å². The third kappa shape index (κ3) is 4.43. The first-order valence-electron chi connectivity index (χ1n) is 10.6. The molecule has 30 heavy (non-hydrogen) atoms. The van der Waals surface area contributed by atoms with Crippen LogP contribution in [0, 0.1) is 13.8 Å². The number of nitrogens with one attached hydrogen (secondary N) is 2. The molecule has 2 aliphatic rings. The lowest BCUT2D eigenvalue weighted by Gasteiger charge is -2.35. The van der Waals surface area contributed by atoms with Gasteiger partial charge in [-0.1, -0.05) is 48.0 Å². The molecule has 7 heteroatoms. The molecule has 160 valence electrons. The number of aryl methyl sites for hydroxylation is 2. The molecule has 1 heterocycles. The van der Waals surface area contributed by atoms with E-state index < -0.39 is 10.0 Å². The van der Waals surface area contributed by atoms with Gasteiger partial charge in [-0.3, -0.25) is 4.79 Å². The normalized spacial score (nSPS) is 19.4. The molecule has 0 aromatic heterocycles. The Morgan fingerprint density at radius 1 is 1.07 bits per heavy atom. The van der Waals surface area contributed by atoms with E-state index >= 15 is 0 Å². The predicted molar refractivity (Wildman–Crippen MR) is 116 cm³/mol. The van der Waals surface area contributed by atoms with Gasteiger partial charge in [0.15, 0.2) is 6.04 Å². The molecule has 2 aromatic rings. The Morgan fingerprint density at radius 3 is 2.33 bits per heavy atom. The summed E-state index contributed by atoms with van der Waals surface area (Å²) in [6.07, 6.45) is 2.09. The molecular weight excluding hydrogens is 398 g/mol. The fraction of sp³-hybridized carbons (Fsp3) is 0.435. The van der Waals surface area contributed by atoms with Crippen molar-refractivity contribution in [2.75, 3.05) is 26.2 Å². The second kappa shape index (κ2) is 8.49. The standard InChI is InChI=1S/C23H29N3O3S/c1-17-8-11-21(18(2)16-17)30(28,29)26-14-12-25(13-15-26)22(19-6-4-3-5-7-19)23(27)24-20-9-10-20/h3-8,11,16,20,22H,9-10,12-15H2,1-2H3,(H,24,27)/p+1/t22-/m0/s1. The number of carbonyl (C=O) groups is 1. The third-order valence-electron chi connectivity index (χ3n) is 6.04. The minimum absolute atomic E-state index is 0.0457. The lowest BCUT2D eigenvalue weighted by atomic mass is 10.0. The molecule has 1 aliphatic carbocycles. The van der Waals surface area contributed by atoms with Crippen LogP contribution in [0.5, 0.6) is 0 Å². The van der Waals surface area contributed by atoms with Crippen molar-refractivity contribution >= 4 is 15.9 Å². The van der Waals surface area contributed by atoms with E-state index in [-0.39, 0.29) is 11.9 Å². The lowest BCUT2D eigenvalue weighted by molar-refractivity contribution is -0.925. The van der Waals surface area contributed by atoms with Crippen molar-refractivity contribution in [1.82, 2.24) is 9.62 Å². The molecule has 0 bridgehead atoms. The van der Waals surface area contributed by atoms with E-state index in [0.717, 1.165) is 34.4 Å². The van der Waals surface area contributed by atoms with E-state index in [2.05, 4.69) is 5.32 Å². The zero-order chi connectivity index (χ0) is 21.3. The van der Waals surface area contributed by atoms with Gasteiger partial charge in [-0.15, -0.1) is 0 Å². The van der Waals surface area contributed by atoms with E-state index in [0.29, 0.717) is 37.1 Å². The maximum Gasteiger partial charge on any atom is 0.283 e. The second-order valence-corrected chi connectivity index (χ2v) is 10.4.